The number of hydrogen-bond donors (Lipinski definition) is 0. The zero-order chi connectivity index (χ0) is 16.3. The Kier molecular flexibility index (Phi) is 5.10. The maximum absolute atomic E-state index is 12.7. The Morgan fingerprint density at radius 2 is 1.59 bits per heavy atom. The zero-order valence-electron chi connectivity index (χ0n) is 12.7. The molecule has 1 aromatic carbocycles. The number of benzene rings is 1. The fourth-order valence-electron chi connectivity index (χ4n) is 2.09. The smallest absolute Gasteiger partial charge is 0.255 e. The molecule has 0 saturated heterocycles. The highest BCUT2D eigenvalue weighted by atomic mass is 32.2. The van der Waals surface area contributed by atoms with Gasteiger partial charge in [-0.1, -0.05) is 30.3 Å². The third-order valence-electron chi connectivity index (χ3n) is 3.30. The van der Waals surface area contributed by atoms with Crippen LogP contribution < -0.4 is 4.57 Å². The van der Waals surface area contributed by atoms with Crippen molar-refractivity contribution in [3.63, 3.8) is 0 Å². The van der Waals surface area contributed by atoms with Crippen molar-refractivity contribution in [1.82, 2.24) is 4.31 Å². The molecule has 0 aliphatic rings. The van der Waals surface area contributed by atoms with E-state index in [1.54, 1.807) is 47.5 Å². The van der Waals surface area contributed by atoms with Crippen LogP contribution in [0.2, 0.25) is 0 Å². The summed E-state index contributed by atoms with van der Waals surface area (Å²) in [5.74, 6) is 0. The Bertz CT molecular complexity index is 757. The first-order valence-corrected chi connectivity index (χ1v) is 9.70. The van der Waals surface area contributed by atoms with Gasteiger partial charge >= 0.3 is 0 Å². The van der Waals surface area contributed by atoms with Gasteiger partial charge in [0.25, 0.3) is 15.4 Å². The highest BCUT2D eigenvalue weighted by Gasteiger charge is 2.37. The quantitative estimate of drug-likeness (QED) is 0.768. The maximum atomic E-state index is 12.7. The summed E-state index contributed by atoms with van der Waals surface area (Å²) >= 11 is 0. The van der Waals surface area contributed by atoms with Gasteiger partial charge in [-0.05, 0) is 0 Å². The van der Waals surface area contributed by atoms with Crippen molar-refractivity contribution >= 4 is 20.8 Å². The second kappa shape index (κ2) is 6.68. The van der Waals surface area contributed by atoms with Gasteiger partial charge in [-0.2, -0.15) is 4.57 Å². The van der Waals surface area contributed by atoms with Crippen molar-refractivity contribution in [2.45, 2.75) is 10.3 Å². The predicted molar refractivity (Wildman–Crippen MR) is 86.2 cm³/mol. The van der Waals surface area contributed by atoms with Gasteiger partial charge in [0.1, 0.15) is 0 Å². The summed E-state index contributed by atoms with van der Waals surface area (Å²) in [6, 6.07) is 12.4. The third kappa shape index (κ3) is 3.43. The Hall–Kier alpha value is -1.57. The molecule has 0 radical (unpaired) electrons. The first-order valence-electron chi connectivity index (χ1n) is 6.64. The fraction of sp³-hybridized carbons (Fsp3) is 0.267. The van der Waals surface area contributed by atoms with Gasteiger partial charge in [0.15, 0.2) is 12.4 Å². The van der Waals surface area contributed by atoms with Crippen LogP contribution in [0.3, 0.4) is 0 Å². The second-order valence-electron chi connectivity index (χ2n) is 5.03. The Balaban J connectivity index is 2.57. The van der Waals surface area contributed by atoms with Crippen LogP contribution in [0.15, 0.2) is 59.8 Å². The van der Waals surface area contributed by atoms with E-state index < -0.39 is 26.2 Å². The van der Waals surface area contributed by atoms with Crippen LogP contribution >= 0.6 is 0 Å². The molecule has 5 nitrogen and oxygen atoms in total. The van der Waals surface area contributed by atoms with E-state index in [9.17, 15) is 12.6 Å². The highest BCUT2D eigenvalue weighted by molar-refractivity contribution is 7.89. The van der Waals surface area contributed by atoms with Crippen molar-refractivity contribution in [2.24, 2.45) is 0 Å². The molecular weight excluding hydrogens is 320 g/mol. The summed E-state index contributed by atoms with van der Waals surface area (Å²) in [5.41, 5.74) is 0.673. The zero-order valence-corrected chi connectivity index (χ0v) is 14.3. The maximum Gasteiger partial charge on any atom is 0.296 e. The van der Waals surface area contributed by atoms with E-state index in [1.165, 1.54) is 18.4 Å². The molecule has 2 rings (SSSR count). The number of rotatable bonds is 5. The van der Waals surface area contributed by atoms with Crippen LogP contribution in [-0.4, -0.2) is 37.3 Å². The summed E-state index contributed by atoms with van der Waals surface area (Å²) < 4.78 is 39.7. The standard InChI is InChI=1S/C15H19N2O3S2/c1-16(2)22(19,20)15(13-7-5-4-6-8-13)17-11-9-14(10-12-17)21(3)18/h4-12,15H,1-3H3/q+1. The number of hydrogen-bond acceptors (Lipinski definition) is 3. The van der Waals surface area contributed by atoms with E-state index in [-0.39, 0.29) is 0 Å². The minimum atomic E-state index is -3.56. The molecule has 1 aromatic heterocycles. The van der Waals surface area contributed by atoms with E-state index in [0.29, 0.717) is 10.5 Å². The molecule has 22 heavy (non-hydrogen) atoms. The van der Waals surface area contributed by atoms with E-state index >= 15 is 0 Å². The van der Waals surface area contributed by atoms with Crippen molar-refractivity contribution in [2.75, 3.05) is 20.4 Å². The van der Waals surface area contributed by atoms with E-state index in [1.807, 2.05) is 18.2 Å². The van der Waals surface area contributed by atoms with E-state index in [2.05, 4.69) is 0 Å². The lowest BCUT2D eigenvalue weighted by Gasteiger charge is -2.18. The predicted octanol–water partition coefficient (Wildman–Crippen LogP) is 1.15. The molecule has 0 saturated carbocycles. The molecule has 0 aliphatic heterocycles. The summed E-state index contributed by atoms with van der Waals surface area (Å²) in [6.45, 7) is 0. The minimum Gasteiger partial charge on any atom is -0.255 e. The van der Waals surface area contributed by atoms with Gasteiger partial charge in [0.05, 0.1) is 15.7 Å². The molecule has 0 bridgehead atoms. The summed E-state index contributed by atoms with van der Waals surface area (Å²) in [5, 5.41) is -0.858. The number of nitrogens with zero attached hydrogens (tertiary/aromatic N) is 2. The summed E-state index contributed by atoms with van der Waals surface area (Å²) in [7, 11) is -1.63. The molecule has 0 N–H and O–H groups in total. The van der Waals surface area contributed by atoms with E-state index in [4.69, 9.17) is 0 Å². The molecule has 2 unspecified atom stereocenters. The number of pyridine rings is 1. The molecule has 1 heterocycles. The van der Waals surface area contributed by atoms with Crippen molar-refractivity contribution in [3.05, 3.63) is 60.4 Å². The first-order chi connectivity index (χ1) is 10.3. The molecule has 0 aliphatic carbocycles. The minimum absolute atomic E-state index is 0.658. The van der Waals surface area contributed by atoms with E-state index in [0.717, 1.165) is 0 Å². The van der Waals surface area contributed by atoms with Gasteiger partial charge < -0.3 is 0 Å². The van der Waals surface area contributed by atoms with Crippen LogP contribution in [-0.2, 0) is 20.8 Å². The molecular formula is C15H19N2O3S2+. The molecule has 7 heteroatoms. The number of aromatic nitrogens is 1. The van der Waals surface area contributed by atoms with Gasteiger partial charge in [-0.15, -0.1) is 0 Å². The van der Waals surface area contributed by atoms with Crippen LogP contribution in [0, 0.1) is 0 Å². The molecule has 0 spiro atoms. The first kappa shape index (κ1) is 16.8. The molecule has 0 fully saturated rings. The Morgan fingerprint density at radius 3 is 2.05 bits per heavy atom. The summed E-state index contributed by atoms with van der Waals surface area (Å²) in [4.78, 5) is 0.658. The largest absolute Gasteiger partial charge is 0.296 e. The van der Waals surface area contributed by atoms with Gasteiger partial charge in [-0.3, -0.25) is 4.21 Å². The Morgan fingerprint density at radius 1 is 1.05 bits per heavy atom. The number of sulfonamides is 1. The van der Waals surface area contributed by atoms with Gasteiger partial charge in [-0.25, -0.2) is 12.7 Å². The average Bonchev–Trinajstić information content (AvgIpc) is 2.48. The van der Waals surface area contributed by atoms with Gasteiger partial charge in [0, 0.05) is 38.0 Å². The Labute approximate surface area is 133 Å². The molecule has 2 atom stereocenters. The lowest BCUT2D eigenvalue weighted by Crippen LogP contribution is -2.47. The second-order valence-corrected chi connectivity index (χ2v) is 8.61. The third-order valence-corrected chi connectivity index (χ3v) is 6.33. The monoisotopic (exact) mass is 339 g/mol. The van der Waals surface area contributed by atoms with Crippen LogP contribution in [0.5, 0.6) is 0 Å². The van der Waals surface area contributed by atoms with Crippen molar-refractivity contribution in [1.29, 1.82) is 0 Å². The van der Waals surface area contributed by atoms with Crippen LogP contribution in [0.1, 0.15) is 10.9 Å². The topological polar surface area (TPSA) is 58.3 Å². The highest BCUT2D eigenvalue weighted by Crippen LogP contribution is 2.21. The SMILES string of the molecule is CN(C)S(=O)(=O)C(c1ccccc1)[n+]1ccc(S(C)=O)cc1. The summed E-state index contributed by atoms with van der Waals surface area (Å²) in [6.07, 6.45) is 4.88. The van der Waals surface area contributed by atoms with Crippen LogP contribution in [0.4, 0.5) is 0 Å². The van der Waals surface area contributed by atoms with Gasteiger partial charge in [0.2, 0.25) is 0 Å². The average molecular weight is 339 g/mol. The lowest BCUT2D eigenvalue weighted by molar-refractivity contribution is -0.693. The molecule has 118 valence electrons. The fourth-order valence-corrected chi connectivity index (χ4v) is 3.94. The lowest BCUT2D eigenvalue weighted by atomic mass is 10.2. The van der Waals surface area contributed by atoms with Crippen molar-refractivity contribution < 1.29 is 17.2 Å². The van der Waals surface area contributed by atoms with Crippen LogP contribution in [0.25, 0.3) is 0 Å². The normalized spacial score (nSPS) is 14.7. The molecule has 0 amide bonds. The van der Waals surface area contributed by atoms with Crippen molar-refractivity contribution in [3.8, 4) is 0 Å². The molecule has 2 aromatic rings.